The third kappa shape index (κ3) is 4.24. The molecule has 0 radical (unpaired) electrons. The highest BCUT2D eigenvalue weighted by Gasteiger charge is 2.33. The van der Waals surface area contributed by atoms with E-state index in [-0.39, 0.29) is 36.2 Å². The van der Waals surface area contributed by atoms with Crippen molar-refractivity contribution >= 4 is 24.2 Å². The first-order chi connectivity index (χ1) is 10.8. The van der Waals surface area contributed by atoms with Gasteiger partial charge in [-0.05, 0) is 24.9 Å². The second kappa shape index (κ2) is 8.31. The van der Waals surface area contributed by atoms with E-state index in [1.54, 1.807) is 0 Å². The van der Waals surface area contributed by atoms with Gasteiger partial charge in [0.1, 0.15) is 0 Å². The summed E-state index contributed by atoms with van der Waals surface area (Å²) in [5.41, 5.74) is 1.04. The lowest BCUT2D eigenvalue weighted by Crippen LogP contribution is -2.45. The molecule has 1 aromatic rings. The first-order valence-corrected chi connectivity index (χ1v) is 8.08. The van der Waals surface area contributed by atoms with Crippen molar-refractivity contribution in [3.05, 3.63) is 35.9 Å². The van der Waals surface area contributed by atoms with Crippen LogP contribution in [0.4, 0.5) is 0 Å². The van der Waals surface area contributed by atoms with Gasteiger partial charge in [-0.1, -0.05) is 30.3 Å². The van der Waals surface area contributed by atoms with Gasteiger partial charge >= 0.3 is 0 Å². The fraction of sp³-hybridized carbons (Fsp3) is 0.529. The van der Waals surface area contributed by atoms with Crippen molar-refractivity contribution in [1.29, 1.82) is 0 Å². The Hall–Kier alpha value is -1.59. The molecule has 0 saturated carbocycles. The van der Waals surface area contributed by atoms with Crippen LogP contribution in [-0.2, 0) is 9.59 Å². The zero-order valence-corrected chi connectivity index (χ0v) is 14.0. The van der Waals surface area contributed by atoms with Gasteiger partial charge in [0.2, 0.25) is 11.8 Å². The Bertz CT molecular complexity index is 532. The average molecular weight is 338 g/mol. The molecule has 2 atom stereocenters. The third-order valence-electron chi connectivity index (χ3n) is 4.54. The molecule has 1 aromatic carbocycles. The van der Waals surface area contributed by atoms with Crippen LogP contribution in [0.1, 0.15) is 30.9 Å². The van der Waals surface area contributed by atoms with Crippen LogP contribution in [0.3, 0.4) is 0 Å². The van der Waals surface area contributed by atoms with Crippen molar-refractivity contribution in [2.45, 2.75) is 25.3 Å². The Labute approximate surface area is 143 Å². The zero-order chi connectivity index (χ0) is 15.4. The Morgan fingerprint density at radius 3 is 2.65 bits per heavy atom. The first kappa shape index (κ1) is 17.8. The van der Waals surface area contributed by atoms with Crippen LogP contribution in [0.5, 0.6) is 0 Å². The number of rotatable bonds is 2. The van der Waals surface area contributed by atoms with Crippen molar-refractivity contribution in [3.8, 4) is 0 Å². The molecule has 2 saturated heterocycles. The van der Waals surface area contributed by atoms with Gasteiger partial charge in [0.25, 0.3) is 0 Å². The Morgan fingerprint density at radius 2 is 1.96 bits per heavy atom. The molecule has 2 fully saturated rings. The van der Waals surface area contributed by atoms with Gasteiger partial charge in [-0.3, -0.25) is 9.59 Å². The fourth-order valence-corrected chi connectivity index (χ4v) is 3.36. The lowest BCUT2D eigenvalue weighted by atomic mass is 9.95. The molecule has 126 valence electrons. The lowest BCUT2D eigenvalue weighted by molar-refractivity contribution is -0.138. The van der Waals surface area contributed by atoms with E-state index in [1.807, 2.05) is 35.2 Å². The molecule has 2 aliphatic heterocycles. The minimum Gasteiger partial charge on any atom is -0.354 e. The summed E-state index contributed by atoms with van der Waals surface area (Å²) in [6.07, 6.45) is 2.32. The largest absolute Gasteiger partial charge is 0.354 e. The normalized spacial score (nSPS) is 25.0. The SMILES string of the molecule is Cl.O=C1CC(c2ccccc2)N(C(=O)C2CCCNC2)CCN1. The highest BCUT2D eigenvalue weighted by molar-refractivity contribution is 5.85. The number of hydrogen-bond acceptors (Lipinski definition) is 3. The van der Waals surface area contributed by atoms with Crippen LogP contribution in [0.15, 0.2) is 30.3 Å². The summed E-state index contributed by atoms with van der Waals surface area (Å²) >= 11 is 0. The van der Waals surface area contributed by atoms with E-state index in [2.05, 4.69) is 10.6 Å². The van der Waals surface area contributed by atoms with Gasteiger partial charge in [-0.2, -0.15) is 0 Å². The van der Waals surface area contributed by atoms with E-state index in [1.165, 1.54) is 0 Å². The molecule has 5 nitrogen and oxygen atoms in total. The van der Waals surface area contributed by atoms with Gasteiger partial charge in [0, 0.05) is 19.6 Å². The van der Waals surface area contributed by atoms with E-state index in [0.717, 1.165) is 31.5 Å². The van der Waals surface area contributed by atoms with Crippen LogP contribution >= 0.6 is 12.4 Å². The fourth-order valence-electron chi connectivity index (χ4n) is 3.36. The Kier molecular flexibility index (Phi) is 6.42. The van der Waals surface area contributed by atoms with E-state index in [9.17, 15) is 9.59 Å². The highest BCUT2D eigenvalue weighted by atomic mass is 35.5. The summed E-state index contributed by atoms with van der Waals surface area (Å²) in [6.45, 7) is 2.86. The Morgan fingerprint density at radius 1 is 1.17 bits per heavy atom. The zero-order valence-electron chi connectivity index (χ0n) is 13.2. The maximum Gasteiger partial charge on any atom is 0.227 e. The lowest BCUT2D eigenvalue weighted by Gasteiger charge is -2.34. The molecule has 23 heavy (non-hydrogen) atoms. The second-order valence-electron chi connectivity index (χ2n) is 6.06. The van der Waals surface area contributed by atoms with Crippen molar-refractivity contribution in [2.75, 3.05) is 26.2 Å². The maximum atomic E-state index is 12.9. The molecule has 2 amide bonds. The van der Waals surface area contributed by atoms with Gasteiger partial charge < -0.3 is 15.5 Å². The number of nitrogens with one attached hydrogen (secondary N) is 2. The van der Waals surface area contributed by atoms with Crippen molar-refractivity contribution in [2.24, 2.45) is 5.92 Å². The van der Waals surface area contributed by atoms with Crippen LogP contribution in [0, 0.1) is 5.92 Å². The number of piperidine rings is 1. The molecule has 0 aliphatic carbocycles. The van der Waals surface area contributed by atoms with Crippen LogP contribution in [0.25, 0.3) is 0 Å². The predicted molar refractivity (Wildman–Crippen MR) is 91.4 cm³/mol. The monoisotopic (exact) mass is 337 g/mol. The number of benzene rings is 1. The highest BCUT2D eigenvalue weighted by Crippen LogP contribution is 2.28. The molecule has 6 heteroatoms. The van der Waals surface area contributed by atoms with Gasteiger partial charge in [0.05, 0.1) is 18.4 Å². The predicted octanol–water partition coefficient (Wildman–Crippen LogP) is 1.50. The van der Waals surface area contributed by atoms with Crippen molar-refractivity contribution < 1.29 is 9.59 Å². The quantitative estimate of drug-likeness (QED) is 0.859. The number of carbonyl (C=O) groups is 2. The smallest absolute Gasteiger partial charge is 0.227 e. The van der Waals surface area contributed by atoms with Gasteiger partial charge in [-0.25, -0.2) is 0 Å². The molecule has 2 unspecified atom stereocenters. The molecular weight excluding hydrogens is 314 g/mol. The minimum atomic E-state index is -0.155. The number of halogens is 1. The topological polar surface area (TPSA) is 61.4 Å². The molecule has 2 N–H and O–H groups in total. The summed E-state index contributed by atoms with van der Waals surface area (Å²) in [5, 5.41) is 6.19. The average Bonchev–Trinajstić information content (AvgIpc) is 2.77. The second-order valence-corrected chi connectivity index (χ2v) is 6.06. The van der Waals surface area contributed by atoms with Crippen LogP contribution in [-0.4, -0.2) is 42.9 Å². The molecule has 2 heterocycles. The Balaban J connectivity index is 0.00000192. The van der Waals surface area contributed by atoms with Gasteiger partial charge in [-0.15, -0.1) is 12.4 Å². The van der Waals surface area contributed by atoms with Crippen molar-refractivity contribution in [3.63, 3.8) is 0 Å². The number of nitrogens with zero attached hydrogens (tertiary/aromatic N) is 1. The summed E-state index contributed by atoms with van der Waals surface area (Å²) in [7, 11) is 0. The molecule has 2 aliphatic rings. The van der Waals surface area contributed by atoms with Crippen molar-refractivity contribution in [1.82, 2.24) is 15.5 Å². The third-order valence-corrected chi connectivity index (χ3v) is 4.54. The first-order valence-electron chi connectivity index (χ1n) is 8.08. The summed E-state index contributed by atoms with van der Waals surface area (Å²) in [6, 6.07) is 9.73. The van der Waals surface area contributed by atoms with Crippen LogP contribution in [0.2, 0.25) is 0 Å². The molecular formula is C17H24ClN3O2. The number of carbonyl (C=O) groups excluding carboxylic acids is 2. The van der Waals surface area contributed by atoms with E-state index in [0.29, 0.717) is 19.5 Å². The van der Waals surface area contributed by atoms with Crippen LogP contribution < -0.4 is 10.6 Å². The standard InChI is InChI=1S/C17H23N3O2.ClH/c21-16-11-15(13-5-2-1-3-6-13)20(10-9-19-16)17(22)14-7-4-8-18-12-14;/h1-3,5-6,14-15,18H,4,7-12H2,(H,19,21);1H. The minimum absolute atomic E-state index is 0. The summed E-state index contributed by atoms with van der Waals surface area (Å²) in [5.74, 6) is 0.233. The van der Waals surface area contributed by atoms with E-state index < -0.39 is 0 Å². The number of hydrogen-bond donors (Lipinski definition) is 2. The molecule has 0 bridgehead atoms. The summed E-state index contributed by atoms with van der Waals surface area (Å²) in [4.78, 5) is 26.8. The maximum absolute atomic E-state index is 12.9. The van der Waals surface area contributed by atoms with Gasteiger partial charge in [0.15, 0.2) is 0 Å². The summed E-state index contributed by atoms with van der Waals surface area (Å²) < 4.78 is 0. The molecule has 3 rings (SSSR count). The molecule has 0 spiro atoms. The number of amides is 2. The molecule has 0 aromatic heterocycles. The van der Waals surface area contributed by atoms with E-state index in [4.69, 9.17) is 0 Å². The van der Waals surface area contributed by atoms with E-state index >= 15 is 0 Å².